The lowest BCUT2D eigenvalue weighted by molar-refractivity contribution is 0.594. The Kier molecular flexibility index (Phi) is 4.84. The lowest BCUT2D eigenvalue weighted by atomic mass is 10.1. The average Bonchev–Trinajstić information content (AvgIpc) is 3.09. The predicted molar refractivity (Wildman–Crippen MR) is 101 cm³/mol. The summed E-state index contributed by atoms with van der Waals surface area (Å²) in [6.45, 7) is 1.96. The van der Waals surface area contributed by atoms with Gasteiger partial charge in [-0.2, -0.15) is 10.1 Å². The summed E-state index contributed by atoms with van der Waals surface area (Å²) in [6, 6.07) is 8.98. The average molecular weight is 393 g/mol. The number of benzene rings is 1. The SMILES string of the molecule is C[C@@H](Nc1nccc(Cl)c1N)c1ccc(-c2n[nH]c(S(C)(=O)=O)n2)cc1. The molecule has 8 nitrogen and oxygen atoms in total. The van der Waals surface area contributed by atoms with Crippen molar-refractivity contribution in [1.29, 1.82) is 0 Å². The van der Waals surface area contributed by atoms with Crippen LogP contribution < -0.4 is 11.1 Å². The first kappa shape index (κ1) is 18.2. The summed E-state index contributed by atoms with van der Waals surface area (Å²) >= 11 is 6.00. The van der Waals surface area contributed by atoms with Crippen LogP contribution in [0.2, 0.25) is 5.02 Å². The molecule has 0 unspecified atom stereocenters. The fourth-order valence-corrected chi connectivity index (χ4v) is 2.93. The summed E-state index contributed by atoms with van der Waals surface area (Å²) in [4.78, 5) is 8.20. The minimum atomic E-state index is -3.42. The third-order valence-electron chi connectivity index (χ3n) is 3.78. The highest BCUT2D eigenvalue weighted by molar-refractivity contribution is 7.90. The van der Waals surface area contributed by atoms with Gasteiger partial charge in [-0.05, 0) is 18.6 Å². The molecule has 2 aromatic heterocycles. The molecule has 0 aliphatic rings. The Morgan fingerprint density at radius 1 is 1.23 bits per heavy atom. The summed E-state index contributed by atoms with van der Waals surface area (Å²) in [5.41, 5.74) is 8.00. The number of aromatic amines is 1. The van der Waals surface area contributed by atoms with Crippen LogP contribution in [0.25, 0.3) is 11.4 Å². The van der Waals surface area contributed by atoms with Gasteiger partial charge in [0, 0.05) is 18.0 Å². The minimum absolute atomic E-state index is 0.0731. The van der Waals surface area contributed by atoms with Crippen molar-refractivity contribution in [3.05, 3.63) is 47.1 Å². The second-order valence-corrected chi connectivity index (χ2v) is 8.12. The molecule has 10 heteroatoms. The van der Waals surface area contributed by atoms with Gasteiger partial charge in [0.1, 0.15) is 0 Å². The summed E-state index contributed by atoms with van der Waals surface area (Å²) in [6.07, 6.45) is 2.66. The van der Waals surface area contributed by atoms with Crippen molar-refractivity contribution in [3.8, 4) is 11.4 Å². The lowest BCUT2D eigenvalue weighted by Crippen LogP contribution is -2.10. The van der Waals surface area contributed by atoms with Crippen molar-refractivity contribution in [2.75, 3.05) is 17.3 Å². The zero-order valence-electron chi connectivity index (χ0n) is 14.1. The van der Waals surface area contributed by atoms with E-state index in [2.05, 4.69) is 25.5 Å². The van der Waals surface area contributed by atoms with Crippen LogP contribution >= 0.6 is 11.6 Å². The van der Waals surface area contributed by atoms with Gasteiger partial charge in [0.2, 0.25) is 15.0 Å². The maximum atomic E-state index is 11.5. The van der Waals surface area contributed by atoms with Gasteiger partial charge in [-0.1, -0.05) is 35.9 Å². The van der Waals surface area contributed by atoms with E-state index in [0.717, 1.165) is 11.8 Å². The van der Waals surface area contributed by atoms with Crippen molar-refractivity contribution in [2.45, 2.75) is 18.1 Å². The molecule has 2 heterocycles. The smallest absolute Gasteiger partial charge is 0.243 e. The fourth-order valence-electron chi connectivity index (χ4n) is 2.32. The summed E-state index contributed by atoms with van der Waals surface area (Å²) in [5, 5.41) is 9.87. The van der Waals surface area contributed by atoms with Crippen LogP contribution in [0.1, 0.15) is 18.5 Å². The van der Waals surface area contributed by atoms with Crippen molar-refractivity contribution < 1.29 is 8.42 Å². The van der Waals surface area contributed by atoms with E-state index in [0.29, 0.717) is 27.9 Å². The number of nitrogens with zero attached hydrogens (tertiary/aromatic N) is 3. The molecule has 3 aromatic rings. The van der Waals surface area contributed by atoms with Gasteiger partial charge in [-0.25, -0.2) is 18.5 Å². The number of nitrogen functional groups attached to an aromatic ring is 1. The van der Waals surface area contributed by atoms with Crippen molar-refractivity contribution in [3.63, 3.8) is 0 Å². The number of halogens is 1. The molecule has 0 amide bonds. The molecule has 0 aliphatic heterocycles. The highest BCUT2D eigenvalue weighted by atomic mass is 35.5. The van der Waals surface area contributed by atoms with Crippen molar-refractivity contribution in [2.24, 2.45) is 0 Å². The second kappa shape index (κ2) is 6.93. The monoisotopic (exact) mass is 392 g/mol. The predicted octanol–water partition coefficient (Wildman–Crippen LogP) is 2.68. The van der Waals surface area contributed by atoms with Gasteiger partial charge in [0.25, 0.3) is 0 Å². The van der Waals surface area contributed by atoms with Gasteiger partial charge in [0.05, 0.1) is 16.8 Å². The van der Waals surface area contributed by atoms with E-state index >= 15 is 0 Å². The first-order chi connectivity index (χ1) is 12.3. The lowest BCUT2D eigenvalue weighted by Gasteiger charge is -2.17. The summed E-state index contributed by atoms with van der Waals surface area (Å²) in [7, 11) is -3.42. The first-order valence-electron chi connectivity index (χ1n) is 7.65. The largest absolute Gasteiger partial charge is 0.395 e. The van der Waals surface area contributed by atoms with Crippen LogP contribution in [-0.4, -0.2) is 34.8 Å². The van der Waals surface area contributed by atoms with E-state index < -0.39 is 9.84 Å². The molecule has 0 spiro atoms. The number of hydrogen-bond donors (Lipinski definition) is 3. The third-order valence-corrected chi connectivity index (χ3v) is 4.99. The number of pyridine rings is 1. The van der Waals surface area contributed by atoms with Crippen LogP contribution in [0.15, 0.2) is 41.7 Å². The number of sulfone groups is 1. The van der Waals surface area contributed by atoms with Gasteiger partial charge in [0.15, 0.2) is 11.6 Å². The highest BCUT2D eigenvalue weighted by Gasteiger charge is 2.15. The Labute approximate surface area is 155 Å². The van der Waals surface area contributed by atoms with Crippen LogP contribution in [0.3, 0.4) is 0 Å². The Balaban J connectivity index is 1.79. The molecule has 0 fully saturated rings. The van der Waals surface area contributed by atoms with E-state index in [-0.39, 0.29) is 11.2 Å². The van der Waals surface area contributed by atoms with Crippen LogP contribution in [0, 0.1) is 0 Å². The second-order valence-electron chi connectivity index (χ2n) is 5.78. The molecular weight excluding hydrogens is 376 g/mol. The molecule has 0 radical (unpaired) electrons. The minimum Gasteiger partial charge on any atom is -0.395 e. The van der Waals surface area contributed by atoms with Crippen molar-refractivity contribution in [1.82, 2.24) is 20.2 Å². The molecule has 0 saturated heterocycles. The van der Waals surface area contributed by atoms with E-state index in [4.69, 9.17) is 17.3 Å². The molecule has 26 heavy (non-hydrogen) atoms. The first-order valence-corrected chi connectivity index (χ1v) is 9.92. The van der Waals surface area contributed by atoms with Gasteiger partial charge >= 0.3 is 0 Å². The zero-order chi connectivity index (χ0) is 18.9. The molecule has 3 rings (SSSR count). The van der Waals surface area contributed by atoms with E-state index in [1.54, 1.807) is 12.3 Å². The number of H-pyrrole nitrogens is 1. The zero-order valence-corrected chi connectivity index (χ0v) is 15.6. The maximum absolute atomic E-state index is 11.5. The number of hydrogen-bond acceptors (Lipinski definition) is 7. The molecule has 136 valence electrons. The normalized spacial score (nSPS) is 12.7. The summed E-state index contributed by atoms with van der Waals surface area (Å²) in [5.74, 6) is 0.833. The highest BCUT2D eigenvalue weighted by Crippen LogP contribution is 2.28. The summed E-state index contributed by atoms with van der Waals surface area (Å²) < 4.78 is 23.0. The van der Waals surface area contributed by atoms with E-state index in [1.807, 2.05) is 31.2 Å². The molecule has 0 bridgehead atoms. The molecule has 0 saturated carbocycles. The number of nitrogens with one attached hydrogen (secondary N) is 2. The standard InChI is InChI=1S/C16H17ClN6O2S/c1-9(20-15-13(18)12(17)7-8-19-15)10-3-5-11(6-4-10)14-21-16(23-22-14)26(2,24)25/h3-9H,18H2,1-2H3,(H,19,20)(H,21,22,23)/t9-/m1/s1. The number of nitrogens with two attached hydrogens (primary N) is 1. The molecule has 1 aromatic carbocycles. The number of anilines is 2. The van der Waals surface area contributed by atoms with Crippen molar-refractivity contribution >= 4 is 32.9 Å². The van der Waals surface area contributed by atoms with Gasteiger partial charge < -0.3 is 11.1 Å². The quantitative estimate of drug-likeness (QED) is 0.609. The van der Waals surface area contributed by atoms with Crippen LogP contribution in [-0.2, 0) is 9.84 Å². The third kappa shape index (κ3) is 3.78. The fraction of sp³-hybridized carbons (Fsp3) is 0.188. The number of aromatic nitrogens is 4. The maximum Gasteiger partial charge on any atom is 0.243 e. The Hall–Kier alpha value is -2.65. The number of rotatable bonds is 5. The van der Waals surface area contributed by atoms with Crippen LogP contribution in [0.4, 0.5) is 11.5 Å². The van der Waals surface area contributed by atoms with Gasteiger partial charge in [-0.3, -0.25) is 0 Å². The Bertz CT molecular complexity index is 1030. The molecule has 1 atom stereocenters. The molecule has 4 N–H and O–H groups in total. The Morgan fingerprint density at radius 3 is 2.54 bits per heavy atom. The Morgan fingerprint density at radius 2 is 1.92 bits per heavy atom. The van der Waals surface area contributed by atoms with Gasteiger partial charge in [-0.15, -0.1) is 0 Å². The topological polar surface area (TPSA) is 127 Å². The van der Waals surface area contributed by atoms with E-state index in [9.17, 15) is 8.42 Å². The molecular formula is C16H17ClN6O2S. The molecule has 0 aliphatic carbocycles. The van der Waals surface area contributed by atoms with E-state index in [1.165, 1.54) is 0 Å². The van der Waals surface area contributed by atoms with Crippen LogP contribution in [0.5, 0.6) is 0 Å².